The van der Waals surface area contributed by atoms with Crippen molar-refractivity contribution in [1.29, 1.82) is 0 Å². The fourth-order valence-corrected chi connectivity index (χ4v) is 4.75. The number of piperidine rings is 2. The van der Waals surface area contributed by atoms with Crippen molar-refractivity contribution in [3.8, 4) is 0 Å². The van der Waals surface area contributed by atoms with E-state index in [2.05, 4.69) is 35.5 Å². The van der Waals surface area contributed by atoms with Gasteiger partial charge in [0.15, 0.2) is 0 Å². The molecule has 3 saturated heterocycles. The van der Waals surface area contributed by atoms with Crippen LogP contribution in [0.25, 0.3) is 0 Å². The summed E-state index contributed by atoms with van der Waals surface area (Å²) in [6.07, 6.45) is 5.76. The minimum Gasteiger partial charge on any atom is -0.304 e. The first-order valence-electron chi connectivity index (χ1n) is 9.29. The molecule has 0 saturated carbocycles. The van der Waals surface area contributed by atoms with E-state index in [1.807, 2.05) is 0 Å². The maximum absolute atomic E-state index is 2.81. The van der Waals surface area contributed by atoms with Gasteiger partial charge >= 0.3 is 0 Å². The number of likely N-dealkylation sites (tertiary alicyclic amines) is 3. The van der Waals surface area contributed by atoms with Crippen LogP contribution in [0.2, 0.25) is 0 Å². The van der Waals surface area contributed by atoms with Gasteiger partial charge in [-0.3, -0.25) is 4.90 Å². The highest BCUT2D eigenvalue weighted by Gasteiger charge is 2.46. The van der Waals surface area contributed by atoms with Crippen LogP contribution in [0.3, 0.4) is 0 Å². The molecule has 0 unspecified atom stereocenters. The highest BCUT2D eigenvalue weighted by Crippen LogP contribution is 2.40. The maximum atomic E-state index is 2.81. The maximum Gasteiger partial charge on any atom is 0.00855 e. The summed E-state index contributed by atoms with van der Waals surface area (Å²) >= 11 is 0. The van der Waals surface area contributed by atoms with Crippen molar-refractivity contribution >= 4 is 0 Å². The van der Waals surface area contributed by atoms with Crippen molar-refractivity contribution in [1.82, 2.24) is 14.7 Å². The summed E-state index contributed by atoms with van der Waals surface area (Å²) in [5.41, 5.74) is 0.659. The largest absolute Gasteiger partial charge is 0.304 e. The van der Waals surface area contributed by atoms with Crippen LogP contribution in [0.15, 0.2) is 0 Å². The summed E-state index contributed by atoms with van der Waals surface area (Å²) in [4.78, 5) is 8.08. The molecule has 3 aliphatic heterocycles. The van der Waals surface area contributed by atoms with Crippen molar-refractivity contribution in [3.63, 3.8) is 0 Å². The predicted octanol–water partition coefficient (Wildman–Crippen LogP) is 2.52. The Morgan fingerprint density at radius 2 is 1.71 bits per heavy atom. The Kier molecular flexibility index (Phi) is 4.92. The summed E-state index contributed by atoms with van der Waals surface area (Å²) in [5, 5.41) is 0. The average molecular weight is 293 g/mol. The molecule has 0 atom stereocenters. The lowest BCUT2D eigenvalue weighted by molar-refractivity contribution is -0.0726. The zero-order chi connectivity index (χ0) is 14.9. The van der Waals surface area contributed by atoms with Gasteiger partial charge in [-0.15, -0.1) is 0 Å². The van der Waals surface area contributed by atoms with Crippen LogP contribution in [-0.2, 0) is 0 Å². The smallest absolute Gasteiger partial charge is 0.00855 e. The van der Waals surface area contributed by atoms with E-state index in [1.165, 1.54) is 78.0 Å². The quantitative estimate of drug-likeness (QED) is 0.788. The van der Waals surface area contributed by atoms with E-state index in [1.54, 1.807) is 0 Å². The lowest BCUT2D eigenvalue weighted by Gasteiger charge is -2.56. The number of hydrogen-bond donors (Lipinski definition) is 0. The number of nitrogens with zero attached hydrogens (tertiary/aromatic N) is 3. The lowest BCUT2D eigenvalue weighted by atomic mass is 9.72. The molecule has 3 heteroatoms. The third kappa shape index (κ3) is 3.62. The molecular formula is C18H35N3. The Morgan fingerprint density at radius 1 is 1.00 bits per heavy atom. The Hall–Kier alpha value is -0.120. The molecule has 0 aromatic heterocycles. The van der Waals surface area contributed by atoms with Gasteiger partial charge in [0.2, 0.25) is 0 Å². The van der Waals surface area contributed by atoms with E-state index in [0.717, 1.165) is 12.0 Å². The Balaban J connectivity index is 1.45. The molecule has 0 N–H and O–H groups in total. The van der Waals surface area contributed by atoms with Crippen LogP contribution in [0.1, 0.15) is 46.5 Å². The Labute approximate surface area is 131 Å². The van der Waals surface area contributed by atoms with Crippen molar-refractivity contribution < 1.29 is 0 Å². The van der Waals surface area contributed by atoms with Gasteiger partial charge in [0, 0.05) is 37.6 Å². The summed E-state index contributed by atoms with van der Waals surface area (Å²) in [6.45, 7) is 17.7. The van der Waals surface area contributed by atoms with Crippen LogP contribution >= 0.6 is 0 Å². The zero-order valence-corrected chi connectivity index (χ0v) is 14.5. The first kappa shape index (κ1) is 15.8. The topological polar surface area (TPSA) is 9.72 Å². The van der Waals surface area contributed by atoms with Crippen molar-refractivity contribution in [2.45, 2.75) is 52.5 Å². The monoisotopic (exact) mass is 293 g/mol. The molecule has 122 valence electrons. The predicted molar refractivity (Wildman–Crippen MR) is 89.7 cm³/mol. The Morgan fingerprint density at radius 3 is 2.33 bits per heavy atom. The molecule has 1 spiro atoms. The Bertz CT molecular complexity index is 327. The first-order chi connectivity index (χ1) is 10.1. The van der Waals surface area contributed by atoms with E-state index in [9.17, 15) is 0 Å². The highest BCUT2D eigenvalue weighted by atomic mass is 15.3. The van der Waals surface area contributed by atoms with Crippen LogP contribution in [0.4, 0.5) is 0 Å². The molecule has 21 heavy (non-hydrogen) atoms. The third-order valence-corrected chi connectivity index (χ3v) is 6.22. The van der Waals surface area contributed by atoms with Gasteiger partial charge in [-0.25, -0.2) is 0 Å². The van der Waals surface area contributed by atoms with Crippen molar-refractivity contribution in [3.05, 3.63) is 0 Å². The van der Waals surface area contributed by atoms with E-state index >= 15 is 0 Å². The molecule has 0 aliphatic carbocycles. The summed E-state index contributed by atoms with van der Waals surface area (Å²) in [6, 6.07) is 0.740. The molecule has 0 radical (unpaired) electrons. The zero-order valence-electron chi connectivity index (χ0n) is 14.5. The van der Waals surface area contributed by atoms with Gasteiger partial charge in [-0.1, -0.05) is 6.92 Å². The molecule has 0 amide bonds. The molecule has 3 heterocycles. The van der Waals surface area contributed by atoms with Gasteiger partial charge in [-0.05, 0) is 71.6 Å². The van der Waals surface area contributed by atoms with E-state index < -0.39 is 0 Å². The minimum absolute atomic E-state index is 0.659. The van der Waals surface area contributed by atoms with Crippen LogP contribution in [-0.4, -0.2) is 73.1 Å². The fourth-order valence-electron chi connectivity index (χ4n) is 4.75. The average Bonchev–Trinajstić information content (AvgIpc) is 2.45. The molecular weight excluding hydrogens is 258 g/mol. The van der Waals surface area contributed by atoms with Gasteiger partial charge < -0.3 is 9.80 Å². The lowest BCUT2D eigenvalue weighted by Crippen LogP contribution is -2.64. The van der Waals surface area contributed by atoms with Crippen molar-refractivity contribution in [2.24, 2.45) is 11.3 Å². The molecule has 3 aliphatic rings. The standard InChI is InChI=1S/C18H35N3/c1-4-19-10-6-17(7-11-19)12-20-9-5-8-18(13-20)14-21(15-18)16(2)3/h16-17H,4-15H2,1-3H3. The van der Waals surface area contributed by atoms with Gasteiger partial charge in [0.1, 0.15) is 0 Å². The third-order valence-electron chi connectivity index (χ3n) is 6.22. The van der Waals surface area contributed by atoms with Crippen LogP contribution in [0, 0.1) is 11.3 Å². The molecule has 3 fully saturated rings. The molecule has 0 aromatic rings. The van der Waals surface area contributed by atoms with E-state index in [-0.39, 0.29) is 0 Å². The van der Waals surface area contributed by atoms with E-state index in [4.69, 9.17) is 0 Å². The fraction of sp³-hybridized carbons (Fsp3) is 1.00. The minimum atomic E-state index is 0.659. The second kappa shape index (κ2) is 6.55. The van der Waals surface area contributed by atoms with Crippen LogP contribution < -0.4 is 0 Å². The van der Waals surface area contributed by atoms with E-state index in [0.29, 0.717) is 5.41 Å². The molecule has 3 nitrogen and oxygen atoms in total. The molecule has 0 bridgehead atoms. The van der Waals surface area contributed by atoms with Crippen molar-refractivity contribution in [2.75, 3.05) is 52.4 Å². The second-order valence-electron chi connectivity index (χ2n) is 8.22. The van der Waals surface area contributed by atoms with Crippen LogP contribution in [0.5, 0.6) is 0 Å². The number of rotatable bonds is 4. The first-order valence-corrected chi connectivity index (χ1v) is 9.29. The summed E-state index contributed by atoms with van der Waals surface area (Å²) in [5.74, 6) is 0.962. The highest BCUT2D eigenvalue weighted by molar-refractivity contribution is 5.00. The molecule has 3 rings (SSSR count). The normalized spacial score (nSPS) is 29.1. The van der Waals surface area contributed by atoms with Gasteiger partial charge in [-0.2, -0.15) is 0 Å². The second-order valence-corrected chi connectivity index (χ2v) is 8.22. The summed E-state index contributed by atoms with van der Waals surface area (Å²) in [7, 11) is 0. The SMILES string of the molecule is CCN1CCC(CN2CCCC3(C2)CN(C(C)C)C3)CC1. The number of hydrogen-bond acceptors (Lipinski definition) is 3. The van der Waals surface area contributed by atoms with Gasteiger partial charge in [0.25, 0.3) is 0 Å². The summed E-state index contributed by atoms with van der Waals surface area (Å²) < 4.78 is 0. The van der Waals surface area contributed by atoms with Gasteiger partial charge in [0.05, 0.1) is 0 Å². The molecule has 0 aromatic carbocycles.